The van der Waals surface area contributed by atoms with Gasteiger partial charge in [0.05, 0.1) is 30.0 Å². The molecule has 2 aromatic rings. The number of rotatable bonds is 7. The molecule has 0 saturated carbocycles. The van der Waals surface area contributed by atoms with Crippen molar-refractivity contribution < 1.29 is 9.47 Å². The largest absolute Gasteiger partial charge is 0.493 e. The molecule has 128 valence electrons. The Morgan fingerprint density at radius 3 is 2.58 bits per heavy atom. The predicted octanol–water partition coefficient (Wildman–Crippen LogP) is 5.13. The van der Waals surface area contributed by atoms with E-state index < -0.39 is 0 Å². The second-order valence-corrected chi connectivity index (χ2v) is 6.74. The van der Waals surface area contributed by atoms with Crippen molar-refractivity contribution in [3.63, 3.8) is 0 Å². The smallest absolute Gasteiger partial charge is 0.174 e. The summed E-state index contributed by atoms with van der Waals surface area (Å²) in [5.74, 6) is 1.42. The third kappa shape index (κ3) is 4.91. The van der Waals surface area contributed by atoms with E-state index in [1.807, 2.05) is 25.1 Å². The molecule has 0 aromatic heterocycles. The van der Waals surface area contributed by atoms with Crippen LogP contribution in [0.2, 0.25) is 10.0 Å². The number of methoxy groups -OCH3 is 1. The first-order valence-corrected chi connectivity index (χ1v) is 9.09. The third-order valence-corrected chi connectivity index (χ3v) is 4.67. The zero-order valence-corrected chi connectivity index (χ0v) is 16.9. The molecule has 0 bridgehead atoms. The number of halogens is 3. The fourth-order valence-corrected chi connectivity index (χ4v) is 3.36. The van der Waals surface area contributed by atoms with Crippen molar-refractivity contribution in [2.75, 3.05) is 13.7 Å². The second-order valence-electron chi connectivity index (χ2n) is 4.76. The van der Waals surface area contributed by atoms with Gasteiger partial charge >= 0.3 is 0 Å². The fourth-order valence-electron chi connectivity index (χ4n) is 2.04. The number of hydrogen-bond acceptors (Lipinski definition) is 4. The van der Waals surface area contributed by atoms with Gasteiger partial charge in [-0.1, -0.05) is 29.3 Å². The summed E-state index contributed by atoms with van der Waals surface area (Å²) in [6.45, 7) is 2.97. The quantitative estimate of drug-likeness (QED) is 0.341. The molecule has 0 atom stereocenters. The maximum atomic E-state index is 6.13. The van der Waals surface area contributed by atoms with Gasteiger partial charge in [0, 0.05) is 15.6 Å². The molecule has 0 heterocycles. The number of hydrogen-bond donors (Lipinski definition) is 1. The minimum absolute atomic E-state index is 0.445. The van der Waals surface area contributed by atoms with Gasteiger partial charge in [0.2, 0.25) is 0 Å². The minimum Gasteiger partial charge on any atom is -0.493 e. The lowest BCUT2D eigenvalue weighted by Gasteiger charge is -2.12. The summed E-state index contributed by atoms with van der Waals surface area (Å²) in [5.41, 5.74) is 4.67. The van der Waals surface area contributed by atoms with Crippen LogP contribution in [-0.4, -0.2) is 19.9 Å². The molecule has 0 unspecified atom stereocenters. The molecule has 24 heavy (non-hydrogen) atoms. The first-order chi connectivity index (χ1) is 11.6. The molecule has 0 fully saturated rings. The van der Waals surface area contributed by atoms with Crippen molar-refractivity contribution >= 4 is 52.0 Å². The molecule has 4 nitrogen and oxygen atoms in total. The van der Waals surface area contributed by atoms with Crippen molar-refractivity contribution in [3.05, 3.63) is 55.1 Å². The van der Waals surface area contributed by atoms with Gasteiger partial charge in [-0.3, -0.25) is 0 Å². The summed E-state index contributed by atoms with van der Waals surface area (Å²) >= 11 is 14.5. The van der Waals surface area contributed by atoms with Gasteiger partial charge in [0.25, 0.3) is 0 Å². The summed E-state index contributed by atoms with van der Waals surface area (Å²) in [5, 5.41) is 5.45. The zero-order valence-electron chi connectivity index (χ0n) is 13.3. The maximum absolute atomic E-state index is 6.13. The Labute approximate surface area is 165 Å². The Morgan fingerprint density at radius 1 is 1.25 bits per heavy atom. The molecule has 0 aliphatic carbocycles. The molecule has 0 spiro atoms. The van der Waals surface area contributed by atoms with E-state index in [1.54, 1.807) is 25.5 Å². The van der Waals surface area contributed by atoms with Crippen LogP contribution in [-0.2, 0) is 6.54 Å². The lowest BCUT2D eigenvalue weighted by atomic mass is 10.2. The van der Waals surface area contributed by atoms with Gasteiger partial charge in [-0.2, -0.15) is 5.10 Å². The zero-order chi connectivity index (χ0) is 17.5. The Morgan fingerprint density at radius 2 is 1.96 bits per heavy atom. The highest BCUT2D eigenvalue weighted by molar-refractivity contribution is 14.1. The topological polar surface area (TPSA) is 42.8 Å². The minimum atomic E-state index is 0.445. The molecular weight excluding hydrogens is 462 g/mol. The number of hydrazone groups is 1. The van der Waals surface area contributed by atoms with Crippen molar-refractivity contribution in [1.82, 2.24) is 5.43 Å². The molecule has 7 heteroatoms. The molecular formula is C17H17Cl2IN2O2. The Kier molecular flexibility index (Phi) is 7.45. The second kappa shape index (κ2) is 9.34. The fraction of sp³-hybridized carbons (Fsp3) is 0.235. The van der Waals surface area contributed by atoms with E-state index in [4.69, 9.17) is 32.7 Å². The van der Waals surface area contributed by atoms with Crippen LogP contribution < -0.4 is 14.9 Å². The SMILES string of the molecule is CCOc1c(I)cc(/C=N/NCc2c(Cl)cccc2Cl)cc1OC. The molecule has 1 N–H and O–H groups in total. The van der Waals surface area contributed by atoms with Gasteiger partial charge in [-0.25, -0.2) is 0 Å². The molecule has 2 rings (SSSR count). The van der Waals surface area contributed by atoms with Crippen LogP contribution in [0.25, 0.3) is 0 Å². The van der Waals surface area contributed by atoms with Crippen LogP contribution in [0.5, 0.6) is 11.5 Å². The monoisotopic (exact) mass is 478 g/mol. The summed E-state index contributed by atoms with van der Waals surface area (Å²) < 4.78 is 11.9. The van der Waals surface area contributed by atoms with E-state index in [2.05, 4.69) is 33.1 Å². The van der Waals surface area contributed by atoms with Crippen molar-refractivity contribution in [2.24, 2.45) is 5.10 Å². The predicted molar refractivity (Wildman–Crippen MR) is 108 cm³/mol. The van der Waals surface area contributed by atoms with E-state index >= 15 is 0 Å². The van der Waals surface area contributed by atoms with Crippen LogP contribution in [0.4, 0.5) is 0 Å². The van der Waals surface area contributed by atoms with Gasteiger partial charge in [-0.15, -0.1) is 0 Å². The first-order valence-electron chi connectivity index (χ1n) is 7.26. The summed E-state index contributed by atoms with van der Waals surface area (Å²) in [6, 6.07) is 9.26. The standard InChI is InChI=1S/C17H17Cl2IN2O2/c1-3-24-17-15(20)7-11(8-16(17)23-2)9-21-22-10-12-13(18)5-4-6-14(12)19/h4-9,22H,3,10H2,1-2H3/b21-9+. The average Bonchev–Trinajstić information content (AvgIpc) is 2.56. The summed E-state index contributed by atoms with van der Waals surface area (Å²) in [6.07, 6.45) is 1.71. The van der Waals surface area contributed by atoms with E-state index in [0.717, 1.165) is 20.4 Å². The van der Waals surface area contributed by atoms with Crippen molar-refractivity contribution in [3.8, 4) is 11.5 Å². The average molecular weight is 479 g/mol. The van der Waals surface area contributed by atoms with Gasteiger partial charge in [0.1, 0.15) is 0 Å². The Balaban J connectivity index is 2.08. The maximum Gasteiger partial charge on any atom is 0.174 e. The van der Waals surface area contributed by atoms with E-state index in [9.17, 15) is 0 Å². The van der Waals surface area contributed by atoms with Crippen LogP contribution in [0.3, 0.4) is 0 Å². The number of ether oxygens (including phenoxy) is 2. The van der Waals surface area contributed by atoms with Gasteiger partial charge < -0.3 is 14.9 Å². The number of benzene rings is 2. The van der Waals surface area contributed by atoms with Crippen LogP contribution in [0.15, 0.2) is 35.4 Å². The highest BCUT2D eigenvalue weighted by Crippen LogP contribution is 2.33. The number of nitrogens with zero attached hydrogens (tertiary/aromatic N) is 1. The Hall–Kier alpha value is -1.18. The highest BCUT2D eigenvalue weighted by Gasteiger charge is 2.10. The van der Waals surface area contributed by atoms with Gasteiger partial charge in [-0.05, 0) is 59.3 Å². The van der Waals surface area contributed by atoms with E-state index in [-0.39, 0.29) is 0 Å². The highest BCUT2D eigenvalue weighted by atomic mass is 127. The van der Waals surface area contributed by atoms with E-state index in [1.165, 1.54) is 0 Å². The molecule has 0 aliphatic heterocycles. The van der Waals surface area contributed by atoms with Crippen molar-refractivity contribution in [1.29, 1.82) is 0 Å². The van der Waals surface area contributed by atoms with Crippen LogP contribution in [0.1, 0.15) is 18.1 Å². The molecule has 0 radical (unpaired) electrons. The lowest BCUT2D eigenvalue weighted by molar-refractivity contribution is 0.308. The summed E-state index contributed by atoms with van der Waals surface area (Å²) in [7, 11) is 1.62. The van der Waals surface area contributed by atoms with Crippen LogP contribution in [0, 0.1) is 3.57 Å². The Bertz CT molecular complexity index is 719. The normalized spacial score (nSPS) is 10.9. The first kappa shape index (κ1) is 19.1. The molecule has 0 saturated heterocycles. The summed E-state index contributed by atoms with van der Waals surface area (Å²) in [4.78, 5) is 0. The van der Waals surface area contributed by atoms with Gasteiger partial charge in [0.15, 0.2) is 11.5 Å². The molecule has 0 aliphatic rings. The molecule has 0 amide bonds. The van der Waals surface area contributed by atoms with E-state index in [0.29, 0.717) is 28.9 Å². The third-order valence-electron chi connectivity index (χ3n) is 3.16. The van der Waals surface area contributed by atoms with Crippen molar-refractivity contribution in [2.45, 2.75) is 13.5 Å². The number of nitrogens with one attached hydrogen (secondary N) is 1. The van der Waals surface area contributed by atoms with Crippen LogP contribution >= 0.6 is 45.8 Å². The lowest BCUT2D eigenvalue weighted by Crippen LogP contribution is -2.07. The molecule has 2 aromatic carbocycles.